The summed E-state index contributed by atoms with van der Waals surface area (Å²) >= 11 is 0. The number of sulfonamides is 1. The first-order valence-corrected chi connectivity index (χ1v) is 19.8. The Morgan fingerprint density at radius 2 is 1.30 bits per heavy atom. The van der Waals surface area contributed by atoms with Gasteiger partial charge in [0, 0.05) is 11.1 Å². The van der Waals surface area contributed by atoms with E-state index in [-0.39, 0.29) is 27.8 Å². The van der Waals surface area contributed by atoms with Gasteiger partial charge in [-0.15, -0.1) is 0 Å². The molecule has 53 heavy (non-hydrogen) atoms. The van der Waals surface area contributed by atoms with E-state index in [0.717, 1.165) is 27.1 Å². The van der Waals surface area contributed by atoms with Crippen LogP contribution in [0, 0.1) is 0 Å². The van der Waals surface area contributed by atoms with E-state index < -0.39 is 29.9 Å². The number of ether oxygens (including phenoxy) is 1. The highest BCUT2D eigenvalue weighted by molar-refractivity contribution is 7.89. The molecule has 0 amide bonds. The number of hydrogen-bond acceptors (Lipinski definition) is 7. The van der Waals surface area contributed by atoms with E-state index in [2.05, 4.69) is 0 Å². The van der Waals surface area contributed by atoms with Crippen LogP contribution in [0.1, 0.15) is 28.8 Å². The monoisotopic (exact) mass is 738 g/mol. The molecule has 0 aromatic heterocycles. The fourth-order valence-corrected chi connectivity index (χ4v) is 9.86. The zero-order valence-electron chi connectivity index (χ0n) is 28.2. The molecule has 0 aliphatic carbocycles. The van der Waals surface area contributed by atoms with Gasteiger partial charge in [-0.1, -0.05) is 115 Å². The molecule has 3 atom stereocenters. The number of nitrogens with zero attached hydrogens (tertiary/aromatic N) is 2. The number of amidine groups is 1. The number of hydrogen-bond donors (Lipinski definition) is 1. The highest BCUT2D eigenvalue weighted by Crippen LogP contribution is 2.59. The number of methoxy groups -OCH3 is 1. The Labute approximate surface area is 306 Å². The van der Waals surface area contributed by atoms with Gasteiger partial charge in [-0.3, -0.25) is 9.89 Å². The van der Waals surface area contributed by atoms with Crippen molar-refractivity contribution in [1.29, 1.82) is 0 Å². The predicted octanol–water partition coefficient (Wildman–Crippen LogP) is 9.47. The largest absolute Gasteiger partial charge is 0.584 e. The molecule has 0 radical (unpaired) electrons. The van der Waals surface area contributed by atoms with Crippen LogP contribution >= 0.6 is 7.82 Å². The van der Waals surface area contributed by atoms with Crippen molar-refractivity contribution < 1.29 is 31.7 Å². The molecule has 9 nitrogen and oxygen atoms in total. The fraction of sp³-hybridized carbons (Fsp3) is 0.0714. The van der Waals surface area contributed by atoms with Crippen molar-refractivity contribution >= 4 is 45.2 Å². The van der Waals surface area contributed by atoms with Crippen molar-refractivity contribution in [2.75, 3.05) is 7.11 Å². The molecule has 11 heteroatoms. The lowest BCUT2D eigenvalue weighted by Crippen LogP contribution is -2.38. The molecule has 0 fully saturated rings. The first-order valence-electron chi connectivity index (χ1n) is 16.9. The highest BCUT2D eigenvalue weighted by Gasteiger charge is 2.48. The summed E-state index contributed by atoms with van der Waals surface area (Å²) in [5, 5.41) is 3.10. The zero-order valence-corrected chi connectivity index (χ0v) is 29.9. The normalized spacial score (nSPS) is 19.4. The predicted molar refractivity (Wildman–Crippen MR) is 205 cm³/mol. The summed E-state index contributed by atoms with van der Waals surface area (Å²) in [6, 6.07) is 44.0. The molecule has 1 N–H and O–H groups in total. The molecule has 2 heterocycles. The molecule has 2 aliphatic rings. The highest BCUT2D eigenvalue weighted by atomic mass is 32.2. The van der Waals surface area contributed by atoms with Crippen LogP contribution in [-0.2, 0) is 14.6 Å². The topological polar surface area (TPSA) is 115 Å². The Morgan fingerprint density at radius 1 is 0.698 bits per heavy atom. The minimum absolute atomic E-state index is 0.0148. The van der Waals surface area contributed by atoms with E-state index in [1.807, 2.05) is 115 Å². The van der Waals surface area contributed by atoms with Crippen LogP contribution in [0.25, 0.3) is 32.7 Å². The molecule has 0 spiro atoms. The van der Waals surface area contributed by atoms with Crippen molar-refractivity contribution in [3.63, 3.8) is 0 Å². The molecule has 1 unspecified atom stereocenters. The average molecular weight is 739 g/mol. The van der Waals surface area contributed by atoms with Gasteiger partial charge in [-0.25, -0.2) is 17.3 Å². The summed E-state index contributed by atoms with van der Waals surface area (Å²) in [5.41, 5.74) is 2.74. The van der Waals surface area contributed by atoms with Gasteiger partial charge in [0.1, 0.15) is 23.4 Å². The second kappa shape index (κ2) is 12.6. The van der Waals surface area contributed by atoms with Crippen LogP contribution in [0.15, 0.2) is 162 Å². The van der Waals surface area contributed by atoms with Crippen LogP contribution in [0.4, 0.5) is 0 Å². The zero-order chi connectivity index (χ0) is 36.3. The maximum Gasteiger partial charge on any atom is 0.584 e. The van der Waals surface area contributed by atoms with E-state index in [1.165, 1.54) is 23.5 Å². The van der Waals surface area contributed by atoms with Crippen molar-refractivity contribution in [2.45, 2.75) is 17.0 Å². The maximum atomic E-state index is 15.2. The van der Waals surface area contributed by atoms with Gasteiger partial charge in [-0.05, 0) is 69.1 Å². The van der Waals surface area contributed by atoms with Gasteiger partial charge >= 0.3 is 7.82 Å². The minimum Gasteiger partial charge on any atom is -0.497 e. The second-order valence-corrected chi connectivity index (χ2v) is 15.9. The van der Waals surface area contributed by atoms with Crippen LogP contribution < -0.4 is 13.8 Å². The Kier molecular flexibility index (Phi) is 7.85. The lowest BCUT2D eigenvalue weighted by Gasteiger charge is -2.31. The van der Waals surface area contributed by atoms with Gasteiger partial charge < -0.3 is 13.8 Å². The number of phosphoric acid groups is 1. The Morgan fingerprint density at radius 3 is 1.98 bits per heavy atom. The molecule has 2 aliphatic heterocycles. The quantitative estimate of drug-likeness (QED) is 0.169. The van der Waals surface area contributed by atoms with Crippen molar-refractivity contribution in [3.05, 3.63) is 168 Å². The SMILES string of the molecule is COc1ccc(S(=O)(=O)N2C(c3cc4ccccc4c4c3OP(=O)(O)Oc3ccc5ccccc5c3-4)=N[C@H](c3ccccc3)[C@H]2c2ccccc2)cc1. The average Bonchev–Trinajstić information content (AvgIpc) is 3.54. The summed E-state index contributed by atoms with van der Waals surface area (Å²) in [7, 11) is -7.70. The van der Waals surface area contributed by atoms with Crippen molar-refractivity contribution in [3.8, 4) is 28.4 Å². The number of rotatable bonds is 6. The smallest absolute Gasteiger partial charge is 0.497 e. The van der Waals surface area contributed by atoms with Gasteiger partial charge in [0.25, 0.3) is 10.0 Å². The third-order valence-electron chi connectivity index (χ3n) is 9.72. The molecule has 262 valence electrons. The summed E-state index contributed by atoms with van der Waals surface area (Å²) in [4.78, 5) is 16.6. The number of fused-ring (bicyclic) bond motifs is 7. The third kappa shape index (κ3) is 5.54. The number of aliphatic imine (C=N–C) groups is 1. The maximum absolute atomic E-state index is 15.2. The lowest BCUT2D eigenvalue weighted by atomic mass is 9.90. The second-order valence-electron chi connectivity index (χ2n) is 12.8. The van der Waals surface area contributed by atoms with E-state index in [4.69, 9.17) is 18.8 Å². The number of benzene rings is 7. The molecule has 0 bridgehead atoms. The van der Waals surface area contributed by atoms with Gasteiger partial charge in [0.15, 0.2) is 5.75 Å². The van der Waals surface area contributed by atoms with E-state index in [9.17, 15) is 9.46 Å². The van der Waals surface area contributed by atoms with Gasteiger partial charge in [-0.2, -0.15) is 0 Å². The minimum atomic E-state index is -4.83. The Bertz CT molecular complexity index is 2740. The number of phosphoric ester groups is 1. The standard InChI is InChI=1S/C42H31N2O7PS/c1-49-31-21-23-32(24-22-31)53(47,48)44-40(29-15-6-3-7-16-29)39(28-13-4-2-5-14-28)43-42(44)35-26-30-17-9-11-19-34(30)38-37-33-18-10-8-12-27(33)20-25-36(37)50-52(45,46)51-41(35)38/h2-26,39-40H,1H3,(H,45,46)/t39-,40-/m1/s1. The van der Waals surface area contributed by atoms with E-state index >= 15 is 8.42 Å². The Balaban J connectivity index is 1.40. The molecule has 0 saturated carbocycles. The van der Waals surface area contributed by atoms with Gasteiger partial charge in [0.2, 0.25) is 0 Å². The lowest BCUT2D eigenvalue weighted by molar-refractivity contribution is 0.294. The summed E-state index contributed by atoms with van der Waals surface area (Å²) in [6.45, 7) is 0. The van der Waals surface area contributed by atoms with Crippen LogP contribution in [0.5, 0.6) is 17.2 Å². The van der Waals surface area contributed by atoms with E-state index in [1.54, 1.807) is 24.3 Å². The third-order valence-corrected chi connectivity index (χ3v) is 12.4. The molecule has 9 rings (SSSR count). The fourth-order valence-electron chi connectivity index (χ4n) is 7.39. The first-order chi connectivity index (χ1) is 25.7. The van der Waals surface area contributed by atoms with Crippen molar-refractivity contribution in [2.24, 2.45) is 4.99 Å². The summed E-state index contributed by atoms with van der Waals surface area (Å²) in [6.07, 6.45) is 0. The van der Waals surface area contributed by atoms with E-state index in [0.29, 0.717) is 22.4 Å². The molecular weight excluding hydrogens is 708 g/mol. The Hall–Kier alpha value is -5.93. The molecule has 7 aromatic rings. The first kappa shape index (κ1) is 32.9. The van der Waals surface area contributed by atoms with Gasteiger partial charge in [0.05, 0.1) is 23.6 Å². The van der Waals surface area contributed by atoms with Crippen molar-refractivity contribution in [1.82, 2.24) is 4.31 Å². The van der Waals surface area contributed by atoms with Crippen LogP contribution in [0.2, 0.25) is 0 Å². The van der Waals surface area contributed by atoms with Crippen LogP contribution in [0.3, 0.4) is 0 Å². The van der Waals surface area contributed by atoms with Crippen LogP contribution in [-0.4, -0.2) is 30.6 Å². The summed E-state index contributed by atoms with van der Waals surface area (Å²) in [5.74, 6) is 0.697. The molecule has 0 saturated heterocycles. The summed E-state index contributed by atoms with van der Waals surface area (Å²) < 4.78 is 62.8. The molecule has 7 aromatic carbocycles. The molecular formula is C42H31N2O7PS.